The Morgan fingerprint density at radius 3 is 2.45 bits per heavy atom. The van der Waals surface area contributed by atoms with Crippen LogP contribution >= 0.6 is 0 Å². The molecule has 1 N–H and O–H groups in total. The maximum Gasteiger partial charge on any atom is 0.352 e. The number of unbranched alkanes of at least 4 members (excludes halogenated alkanes) is 2. The van der Waals surface area contributed by atoms with Crippen LogP contribution in [-0.2, 0) is 6.54 Å². The van der Waals surface area contributed by atoms with E-state index >= 15 is 0 Å². The highest BCUT2D eigenvalue weighted by Crippen LogP contribution is 2.27. The number of hydrogen-bond donors (Lipinski definition) is 1. The van der Waals surface area contributed by atoms with Crippen LogP contribution in [0.4, 0.5) is 0 Å². The van der Waals surface area contributed by atoms with Gasteiger partial charge in [-0.25, -0.2) is 4.79 Å². The van der Waals surface area contributed by atoms with Crippen molar-refractivity contribution in [2.75, 3.05) is 0 Å². The van der Waals surface area contributed by atoms with Gasteiger partial charge in [0.25, 0.3) is 0 Å². The molecule has 4 heteroatoms. The maximum absolute atomic E-state index is 11.4. The number of rotatable bonds is 8. The van der Waals surface area contributed by atoms with Crippen LogP contribution in [0, 0.1) is 5.41 Å². The fraction of sp³-hybridized carbons (Fsp3) is 0.625. The van der Waals surface area contributed by atoms with Gasteiger partial charge in [0.05, 0.1) is 0 Å². The van der Waals surface area contributed by atoms with Gasteiger partial charge in [-0.15, -0.1) is 0 Å². The third kappa shape index (κ3) is 4.51. The van der Waals surface area contributed by atoms with E-state index in [-0.39, 0.29) is 16.9 Å². The third-order valence-electron chi connectivity index (χ3n) is 3.58. The highest BCUT2D eigenvalue weighted by atomic mass is 16.4. The van der Waals surface area contributed by atoms with Gasteiger partial charge in [0.1, 0.15) is 5.69 Å². The molecule has 0 aliphatic rings. The Kier molecular flexibility index (Phi) is 5.54. The molecular formula is C16H25NO3. The average Bonchev–Trinajstić information content (AvgIpc) is 2.72. The zero-order chi connectivity index (χ0) is 15.3. The second-order valence-electron chi connectivity index (χ2n) is 6.22. The average molecular weight is 279 g/mol. The van der Waals surface area contributed by atoms with E-state index in [1.165, 1.54) is 25.8 Å². The fourth-order valence-electron chi connectivity index (χ4n) is 2.41. The van der Waals surface area contributed by atoms with Gasteiger partial charge in [-0.2, -0.15) is 0 Å². The summed E-state index contributed by atoms with van der Waals surface area (Å²) in [5, 5.41) is 9.24. The molecule has 0 radical (unpaired) electrons. The Morgan fingerprint density at radius 2 is 1.95 bits per heavy atom. The summed E-state index contributed by atoms with van der Waals surface area (Å²) in [5.41, 5.74) is 0.678. The summed E-state index contributed by atoms with van der Waals surface area (Å²) in [5.74, 6) is -1.09. The number of nitrogens with zero attached hydrogens (tertiary/aromatic N) is 1. The molecular weight excluding hydrogens is 254 g/mol. The summed E-state index contributed by atoms with van der Waals surface area (Å²) >= 11 is 0. The molecule has 0 amide bonds. The molecule has 0 aliphatic carbocycles. The van der Waals surface area contributed by atoms with Crippen LogP contribution < -0.4 is 0 Å². The quantitative estimate of drug-likeness (QED) is 0.578. The number of hydrogen-bond acceptors (Lipinski definition) is 2. The molecule has 0 atom stereocenters. The van der Waals surface area contributed by atoms with Crippen LogP contribution in [0.25, 0.3) is 0 Å². The molecule has 0 spiro atoms. The molecule has 0 saturated carbocycles. The van der Waals surface area contributed by atoms with Gasteiger partial charge >= 0.3 is 5.97 Å². The van der Waals surface area contributed by atoms with Crippen LogP contribution in [0.3, 0.4) is 0 Å². The Bertz CT molecular complexity index is 486. The van der Waals surface area contributed by atoms with Gasteiger partial charge in [0.2, 0.25) is 0 Å². The van der Waals surface area contributed by atoms with Gasteiger partial charge in [0.15, 0.2) is 5.78 Å². The molecule has 1 heterocycles. The van der Waals surface area contributed by atoms with E-state index < -0.39 is 5.97 Å². The summed E-state index contributed by atoms with van der Waals surface area (Å²) in [6.07, 6.45) is 6.22. The standard InChI is InChI=1S/C16H25NO3/c1-5-6-7-8-16(3,4)11-17-10-13(12(2)18)9-14(17)15(19)20/h9-10H,5-8,11H2,1-4H3,(H,19,20). The molecule has 112 valence electrons. The number of ketones is 1. The number of carboxylic acids is 1. The minimum Gasteiger partial charge on any atom is -0.477 e. The van der Waals surface area contributed by atoms with Crippen molar-refractivity contribution in [1.82, 2.24) is 4.57 Å². The van der Waals surface area contributed by atoms with Crippen molar-refractivity contribution in [3.63, 3.8) is 0 Å². The zero-order valence-electron chi connectivity index (χ0n) is 12.9. The van der Waals surface area contributed by atoms with Crippen LogP contribution in [-0.4, -0.2) is 21.4 Å². The third-order valence-corrected chi connectivity index (χ3v) is 3.58. The number of carbonyl (C=O) groups is 2. The van der Waals surface area contributed by atoms with Crippen molar-refractivity contribution in [3.05, 3.63) is 23.5 Å². The van der Waals surface area contributed by atoms with Gasteiger partial charge < -0.3 is 9.67 Å². The predicted octanol–water partition coefficient (Wildman–Crippen LogP) is 4.00. The second kappa shape index (κ2) is 6.73. The highest BCUT2D eigenvalue weighted by Gasteiger charge is 2.22. The molecule has 0 fully saturated rings. The lowest BCUT2D eigenvalue weighted by Crippen LogP contribution is -2.21. The monoisotopic (exact) mass is 279 g/mol. The van der Waals surface area contributed by atoms with Crippen LogP contribution in [0.15, 0.2) is 12.3 Å². The summed E-state index contributed by atoms with van der Waals surface area (Å²) in [6, 6.07) is 1.47. The van der Waals surface area contributed by atoms with Crippen molar-refractivity contribution in [1.29, 1.82) is 0 Å². The molecule has 20 heavy (non-hydrogen) atoms. The van der Waals surface area contributed by atoms with E-state index in [2.05, 4.69) is 20.8 Å². The number of aromatic carboxylic acids is 1. The molecule has 0 aliphatic heterocycles. The first kappa shape index (κ1) is 16.5. The lowest BCUT2D eigenvalue weighted by Gasteiger charge is -2.26. The van der Waals surface area contributed by atoms with Crippen LogP contribution in [0.5, 0.6) is 0 Å². The number of aromatic nitrogens is 1. The fourth-order valence-corrected chi connectivity index (χ4v) is 2.41. The molecule has 1 aromatic rings. The molecule has 0 unspecified atom stereocenters. The number of carbonyl (C=O) groups excluding carboxylic acids is 1. The molecule has 0 aromatic carbocycles. The summed E-state index contributed by atoms with van der Waals surface area (Å²) in [4.78, 5) is 22.7. The van der Waals surface area contributed by atoms with Gasteiger partial charge in [-0.3, -0.25) is 4.79 Å². The zero-order valence-corrected chi connectivity index (χ0v) is 12.9. The largest absolute Gasteiger partial charge is 0.477 e. The van der Waals surface area contributed by atoms with E-state index in [9.17, 15) is 14.7 Å². The van der Waals surface area contributed by atoms with Crippen molar-refractivity contribution < 1.29 is 14.7 Å². The van der Waals surface area contributed by atoms with Crippen LogP contribution in [0.2, 0.25) is 0 Å². The van der Waals surface area contributed by atoms with Gasteiger partial charge in [-0.05, 0) is 24.8 Å². The predicted molar refractivity (Wildman–Crippen MR) is 79.3 cm³/mol. The molecule has 1 rings (SSSR count). The number of Topliss-reactive ketones (excluding diaryl/α,β-unsaturated/α-hetero) is 1. The lowest BCUT2D eigenvalue weighted by atomic mass is 9.86. The van der Waals surface area contributed by atoms with E-state index in [0.29, 0.717) is 12.1 Å². The van der Waals surface area contributed by atoms with E-state index in [1.54, 1.807) is 10.8 Å². The van der Waals surface area contributed by atoms with Gasteiger partial charge in [0, 0.05) is 18.3 Å². The maximum atomic E-state index is 11.4. The Balaban J connectivity index is 2.89. The molecule has 0 saturated heterocycles. The Hall–Kier alpha value is -1.58. The van der Waals surface area contributed by atoms with E-state index in [1.807, 2.05) is 0 Å². The van der Waals surface area contributed by atoms with E-state index in [0.717, 1.165) is 12.8 Å². The first-order valence-corrected chi connectivity index (χ1v) is 7.21. The molecule has 1 aromatic heterocycles. The van der Waals surface area contributed by atoms with Crippen molar-refractivity contribution in [2.45, 2.75) is 59.9 Å². The summed E-state index contributed by atoms with van der Waals surface area (Å²) in [6.45, 7) is 8.52. The molecule has 4 nitrogen and oxygen atoms in total. The minimum absolute atomic E-state index is 0.0203. The smallest absolute Gasteiger partial charge is 0.352 e. The highest BCUT2D eigenvalue weighted by molar-refractivity contribution is 5.97. The number of carboxylic acid groups (broad SMARTS) is 1. The first-order valence-electron chi connectivity index (χ1n) is 7.21. The van der Waals surface area contributed by atoms with Gasteiger partial charge in [-0.1, -0.05) is 40.0 Å². The molecule has 0 bridgehead atoms. The van der Waals surface area contributed by atoms with Crippen molar-refractivity contribution >= 4 is 11.8 Å². The normalized spacial score (nSPS) is 11.6. The van der Waals surface area contributed by atoms with Crippen molar-refractivity contribution in [3.8, 4) is 0 Å². The van der Waals surface area contributed by atoms with E-state index in [4.69, 9.17) is 0 Å². The topological polar surface area (TPSA) is 59.3 Å². The Labute approximate surface area is 120 Å². The Morgan fingerprint density at radius 1 is 1.30 bits per heavy atom. The lowest BCUT2D eigenvalue weighted by molar-refractivity contribution is 0.0681. The van der Waals surface area contributed by atoms with Crippen molar-refractivity contribution in [2.24, 2.45) is 5.41 Å². The summed E-state index contributed by atoms with van der Waals surface area (Å²) in [7, 11) is 0. The SMILES string of the molecule is CCCCCC(C)(C)Cn1cc(C(C)=O)cc1C(=O)O. The second-order valence-corrected chi connectivity index (χ2v) is 6.22. The first-order chi connectivity index (χ1) is 9.26. The summed E-state index contributed by atoms with van der Waals surface area (Å²) < 4.78 is 1.70. The minimum atomic E-state index is -0.984. The van der Waals surface area contributed by atoms with Crippen LogP contribution in [0.1, 0.15) is 74.2 Å².